The largest absolute Gasteiger partial charge is 0.393 e. The van der Waals surface area contributed by atoms with Gasteiger partial charge in [-0.2, -0.15) is 5.10 Å². The molecule has 0 saturated carbocycles. The van der Waals surface area contributed by atoms with Crippen LogP contribution in [0, 0.1) is 13.8 Å². The molecular formula is C17H19N5O4. The highest BCUT2D eigenvalue weighted by atomic mass is 16.5. The lowest BCUT2D eigenvalue weighted by Crippen LogP contribution is -2.38. The van der Waals surface area contributed by atoms with Crippen molar-refractivity contribution in [3.63, 3.8) is 0 Å². The first-order valence-electron chi connectivity index (χ1n) is 8.36. The zero-order chi connectivity index (χ0) is 18.4. The predicted octanol–water partition coefficient (Wildman–Crippen LogP) is 0.718. The van der Waals surface area contributed by atoms with Crippen LogP contribution in [0.25, 0.3) is 11.1 Å². The van der Waals surface area contributed by atoms with E-state index in [1.807, 2.05) is 6.92 Å². The molecule has 0 aliphatic carbocycles. The molecule has 1 unspecified atom stereocenters. The number of aromatic nitrogens is 4. The van der Waals surface area contributed by atoms with Crippen molar-refractivity contribution in [2.24, 2.45) is 0 Å². The Morgan fingerprint density at radius 1 is 1.35 bits per heavy atom. The van der Waals surface area contributed by atoms with Gasteiger partial charge in [-0.3, -0.25) is 9.48 Å². The molecule has 26 heavy (non-hydrogen) atoms. The third-order valence-corrected chi connectivity index (χ3v) is 4.59. The molecule has 3 aromatic rings. The molecule has 1 aliphatic heterocycles. The molecule has 9 nitrogen and oxygen atoms in total. The van der Waals surface area contributed by atoms with Gasteiger partial charge in [0.25, 0.3) is 11.6 Å². The first kappa shape index (κ1) is 16.7. The molecule has 9 heteroatoms. The Bertz CT molecular complexity index is 993. The molecule has 1 aliphatic rings. The number of amides is 1. The van der Waals surface area contributed by atoms with E-state index < -0.39 is 6.10 Å². The molecule has 0 fully saturated rings. The van der Waals surface area contributed by atoms with E-state index in [0.717, 1.165) is 5.69 Å². The molecule has 0 aromatic carbocycles. The van der Waals surface area contributed by atoms with Crippen LogP contribution in [0.4, 0.5) is 0 Å². The van der Waals surface area contributed by atoms with E-state index in [-0.39, 0.29) is 12.5 Å². The summed E-state index contributed by atoms with van der Waals surface area (Å²) in [4.78, 5) is 19.1. The Hall–Kier alpha value is -2.78. The molecule has 4 heterocycles. The summed E-state index contributed by atoms with van der Waals surface area (Å²) in [7, 11) is 0. The lowest BCUT2D eigenvalue weighted by Gasteiger charge is -2.28. The van der Waals surface area contributed by atoms with Gasteiger partial charge in [0.2, 0.25) is 0 Å². The summed E-state index contributed by atoms with van der Waals surface area (Å²) < 4.78 is 6.97. The van der Waals surface area contributed by atoms with Crippen LogP contribution in [0.5, 0.6) is 0 Å². The first-order chi connectivity index (χ1) is 12.5. The van der Waals surface area contributed by atoms with Crippen LogP contribution >= 0.6 is 0 Å². The Morgan fingerprint density at radius 3 is 2.92 bits per heavy atom. The van der Waals surface area contributed by atoms with Crippen LogP contribution in [0.15, 0.2) is 16.7 Å². The minimum absolute atomic E-state index is 0.122. The number of pyridine rings is 1. The minimum atomic E-state index is -1.01. The summed E-state index contributed by atoms with van der Waals surface area (Å²) in [5.74, 6) is -0.122. The molecule has 0 bridgehead atoms. The monoisotopic (exact) mass is 357 g/mol. The van der Waals surface area contributed by atoms with E-state index >= 15 is 0 Å². The van der Waals surface area contributed by atoms with Crippen LogP contribution in [-0.2, 0) is 13.1 Å². The third kappa shape index (κ3) is 2.65. The second-order valence-corrected chi connectivity index (χ2v) is 6.47. The van der Waals surface area contributed by atoms with E-state index in [1.165, 1.54) is 0 Å². The summed E-state index contributed by atoms with van der Waals surface area (Å²) >= 11 is 0. The molecule has 136 valence electrons. The van der Waals surface area contributed by atoms with Crippen molar-refractivity contribution < 1.29 is 19.5 Å². The van der Waals surface area contributed by atoms with Crippen LogP contribution in [0.3, 0.4) is 0 Å². The number of carbonyl (C=O) groups excluding carboxylic acids is 1. The van der Waals surface area contributed by atoms with E-state index in [1.54, 1.807) is 28.6 Å². The number of rotatable bonds is 3. The number of carbonyl (C=O) groups is 1. The topological polar surface area (TPSA) is 118 Å². The lowest BCUT2D eigenvalue weighted by atomic mass is 10.1. The van der Waals surface area contributed by atoms with Crippen LogP contribution in [0.2, 0.25) is 0 Å². The fraction of sp³-hybridized carbons (Fsp3) is 0.412. The highest BCUT2D eigenvalue weighted by molar-refractivity contribution is 6.06. The van der Waals surface area contributed by atoms with E-state index in [0.29, 0.717) is 53.4 Å². The molecular weight excluding hydrogens is 338 g/mol. The van der Waals surface area contributed by atoms with Crippen molar-refractivity contribution in [1.29, 1.82) is 0 Å². The van der Waals surface area contributed by atoms with Gasteiger partial charge >= 0.3 is 0 Å². The molecule has 1 amide bonds. The first-order valence-corrected chi connectivity index (χ1v) is 8.36. The van der Waals surface area contributed by atoms with Gasteiger partial charge in [-0.15, -0.1) is 0 Å². The smallest absolute Gasteiger partial charge is 0.258 e. The molecule has 0 saturated heterocycles. The maximum atomic E-state index is 13.1. The van der Waals surface area contributed by atoms with Crippen molar-refractivity contribution in [2.45, 2.75) is 33.0 Å². The van der Waals surface area contributed by atoms with E-state index in [9.17, 15) is 9.90 Å². The quantitative estimate of drug-likeness (QED) is 0.709. The number of hydrogen-bond donors (Lipinski definition) is 2. The number of fused-ring (bicyclic) bond motifs is 2. The van der Waals surface area contributed by atoms with Crippen molar-refractivity contribution in [1.82, 2.24) is 24.8 Å². The standard InChI is InChI=1S/C17H19N5O4/c1-9-5-12(15-10(2)20-26-16(15)18-9)17(25)21-3-4-22-11(7-21)6-13(19-22)14(24)8-23/h5-6,14,23-24H,3-4,7-8H2,1-2H3. The van der Waals surface area contributed by atoms with Gasteiger partial charge in [-0.05, 0) is 26.0 Å². The van der Waals surface area contributed by atoms with Crippen molar-refractivity contribution in [3.05, 3.63) is 40.5 Å². The zero-order valence-corrected chi connectivity index (χ0v) is 14.5. The van der Waals surface area contributed by atoms with Gasteiger partial charge in [-0.1, -0.05) is 5.16 Å². The van der Waals surface area contributed by atoms with Gasteiger partial charge < -0.3 is 19.6 Å². The summed E-state index contributed by atoms with van der Waals surface area (Å²) in [5, 5.41) is 27.7. The average Bonchev–Trinajstić information content (AvgIpc) is 3.22. The number of nitrogens with zero attached hydrogens (tertiary/aromatic N) is 5. The summed E-state index contributed by atoms with van der Waals surface area (Å²) in [5.41, 5.74) is 3.43. The second-order valence-electron chi connectivity index (χ2n) is 6.47. The minimum Gasteiger partial charge on any atom is -0.393 e. The summed E-state index contributed by atoms with van der Waals surface area (Å²) in [6, 6.07) is 3.47. The number of hydrogen-bond acceptors (Lipinski definition) is 7. The van der Waals surface area contributed by atoms with Gasteiger partial charge in [0.1, 0.15) is 6.10 Å². The Morgan fingerprint density at radius 2 is 2.15 bits per heavy atom. The van der Waals surface area contributed by atoms with Crippen LogP contribution in [-0.4, -0.2) is 54.1 Å². The fourth-order valence-corrected chi connectivity index (χ4v) is 3.27. The zero-order valence-electron chi connectivity index (χ0n) is 14.5. The average molecular weight is 357 g/mol. The summed E-state index contributed by atoms with van der Waals surface area (Å²) in [6.45, 7) is 4.59. The molecule has 3 aromatic heterocycles. The van der Waals surface area contributed by atoms with Gasteiger partial charge in [0, 0.05) is 12.2 Å². The maximum absolute atomic E-state index is 13.1. The lowest BCUT2D eigenvalue weighted by molar-refractivity contribution is 0.0706. The Kier molecular flexibility index (Phi) is 3.97. The van der Waals surface area contributed by atoms with Crippen LogP contribution in [0.1, 0.15) is 39.2 Å². The maximum Gasteiger partial charge on any atom is 0.258 e. The van der Waals surface area contributed by atoms with E-state index in [4.69, 9.17) is 9.63 Å². The molecule has 0 spiro atoms. The molecule has 0 radical (unpaired) electrons. The highest BCUT2D eigenvalue weighted by Gasteiger charge is 2.27. The number of aryl methyl sites for hydroxylation is 2. The normalized spacial score (nSPS) is 15.3. The van der Waals surface area contributed by atoms with Crippen molar-refractivity contribution in [2.75, 3.05) is 13.2 Å². The molecule has 2 N–H and O–H groups in total. The van der Waals surface area contributed by atoms with Gasteiger partial charge in [0.15, 0.2) is 0 Å². The molecule has 4 rings (SSSR count). The Labute approximate surface area is 148 Å². The number of aliphatic hydroxyl groups is 2. The van der Waals surface area contributed by atoms with E-state index in [2.05, 4.69) is 15.2 Å². The second kappa shape index (κ2) is 6.19. The summed E-state index contributed by atoms with van der Waals surface area (Å²) in [6.07, 6.45) is -1.01. The Balaban J connectivity index is 1.66. The highest BCUT2D eigenvalue weighted by Crippen LogP contribution is 2.25. The molecule has 1 atom stereocenters. The van der Waals surface area contributed by atoms with Crippen LogP contribution < -0.4 is 0 Å². The van der Waals surface area contributed by atoms with Crippen molar-refractivity contribution in [3.8, 4) is 0 Å². The van der Waals surface area contributed by atoms with Gasteiger partial charge in [0.05, 0.1) is 47.7 Å². The third-order valence-electron chi connectivity index (χ3n) is 4.59. The number of aliphatic hydroxyl groups excluding tert-OH is 2. The van der Waals surface area contributed by atoms with Gasteiger partial charge in [-0.25, -0.2) is 4.98 Å². The fourth-order valence-electron chi connectivity index (χ4n) is 3.27. The van der Waals surface area contributed by atoms with Crippen molar-refractivity contribution >= 4 is 17.0 Å². The predicted molar refractivity (Wildman–Crippen MR) is 90.3 cm³/mol. The SMILES string of the molecule is Cc1cc(C(=O)N2CCn3nc(C(O)CO)cc3C2)c2c(C)noc2n1.